The summed E-state index contributed by atoms with van der Waals surface area (Å²) < 4.78 is 4.99. The van der Waals surface area contributed by atoms with E-state index in [4.69, 9.17) is 12.6 Å². The molecule has 0 saturated heterocycles. The van der Waals surface area contributed by atoms with Crippen LogP contribution in [0, 0.1) is 0 Å². The number of hydrogen-bond acceptors (Lipinski definition) is 2. The van der Waals surface area contributed by atoms with Gasteiger partial charge in [0.1, 0.15) is 7.85 Å². The van der Waals surface area contributed by atoms with Gasteiger partial charge in [-0.15, -0.1) is 0 Å². The first-order valence-corrected chi connectivity index (χ1v) is 4.76. The minimum Gasteiger partial charge on any atom is -0.367 e. The largest absolute Gasteiger partial charge is 0.367 e. The van der Waals surface area contributed by atoms with Crippen molar-refractivity contribution in [2.24, 2.45) is 0 Å². The van der Waals surface area contributed by atoms with E-state index in [9.17, 15) is 5.11 Å². The molecule has 0 amide bonds. The number of methoxy groups -OCH3 is 1. The van der Waals surface area contributed by atoms with Gasteiger partial charge in [0.15, 0.2) is 6.29 Å². The van der Waals surface area contributed by atoms with Crippen molar-refractivity contribution < 1.29 is 9.84 Å². The molecule has 1 fully saturated rings. The summed E-state index contributed by atoms with van der Waals surface area (Å²) in [5.41, 5.74) is 1.68. The molecule has 0 bridgehead atoms. The molecule has 1 aliphatic carbocycles. The number of benzene rings is 1. The molecule has 2 nitrogen and oxygen atoms in total. The van der Waals surface area contributed by atoms with Crippen LogP contribution >= 0.6 is 0 Å². The van der Waals surface area contributed by atoms with Crippen LogP contribution in [0.25, 0.3) is 0 Å². The summed E-state index contributed by atoms with van der Waals surface area (Å²) in [4.78, 5) is 0. The SMILES string of the molecule is [B]c1ccc(C2(C(O)OC)CC2)cc1. The van der Waals surface area contributed by atoms with Crippen LogP contribution in [-0.2, 0) is 10.2 Å². The third kappa shape index (κ3) is 1.47. The van der Waals surface area contributed by atoms with E-state index < -0.39 is 6.29 Å². The van der Waals surface area contributed by atoms with Gasteiger partial charge in [-0.25, -0.2) is 0 Å². The molecule has 0 spiro atoms. The average molecular weight is 188 g/mol. The van der Waals surface area contributed by atoms with E-state index in [0.717, 1.165) is 23.9 Å². The van der Waals surface area contributed by atoms with Crippen molar-refractivity contribution in [3.8, 4) is 0 Å². The van der Waals surface area contributed by atoms with Gasteiger partial charge < -0.3 is 9.84 Å². The maximum atomic E-state index is 9.72. The molecule has 0 aromatic heterocycles. The Morgan fingerprint density at radius 3 is 2.36 bits per heavy atom. The predicted octanol–water partition coefficient (Wildman–Crippen LogP) is 0.477. The molecule has 1 aromatic rings. The fourth-order valence-electron chi connectivity index (χ4n) is 1.85. The van der Waals surface area contributed by atoms with Crippen molar-refractivity contribution in [2.45, 2.75) is 24.5 Å². The minimum atomic E-state index is -0.703. The number of aliphatic hydroxyl groups excluding tert-OH is 1. The third-order valence-corrected chi connectivity index (χ3v) is 2.97. The smallest absolute Gasteiger partial charge is 0.163 e. The van der Waals surface area contributed by atoms with E-state index in [-0.39, 0.29) is 5.41 Å². The van der Waals surface area contributed by atoms with Crippen LogP contribution < -0.4 is 5.46 Å². The van der Waals surface area contributed by atoms with Crippen LogP contribution in [0.4, 0.5) is 0 Å². The zero-order chi connectivity index (χ0) is 10.2. The van der Waals surface area contributed by atoms with Gasteiger partial charge in [0, 0.05) is 12.5 Å². The number of ether oxygens (including phenoxy) is 1. The molecular weight excluding hydrogens is 175 g/mol. The first kappa shape index (κ1) is 9.75. The first-order chi connectivity index (χ1) is 6.69. The highest BCUT2D eigenvalue weighted by Crippen LogP contribution is 2.50. The van der Waals surface area contributed by atoms with Crippen molar-refractivity contribution in [2.75, 3.05) is 7.11 Å². The van der Waals surface area contributed by atoms with Crippen LogP contribution in [0.15, 0.2) is 24.3 Å². The monoisotopic (exact) mass is 188 g/mol. The molecule has 2 radical (unpaired) electrons. The zero-order valence-electron chi connectivity index (χ0n) is 8.23. The fraction of sp³-hybridized carbons (Fsp3) is 0.455. The van der Waals surface area contributed by atoms with Crippen LogP contribution in [0.5, 0.6) is 0 Å². The van der Waals surface area contributed by atoms with Crippen molar-refractivity contribution in [3.05, 3.63) is 29.8 Å². The molecule has 0 aliphatic heterocycles. The van der Waals surface area contributed by atoms with Gasteiger partial charge in [-0.3, -0.25) is 0 Å². The first-order valence-electron chi connectivity index (χ1n) is 4.76. The van der Waals surface area contributed by atoms with Gasteiger partial charge in [0.05, 0.1) is 0 Å². The molecule has 1 unspecified atom stereocenters. The lowest BCUT2D eigenvalue weighted by Crippen LogP contribution is -2.27. The Morgan fingerprint density at radius 2 is 1.93 bits per heavy atom. The minimum absolute atomic E-state index is 0.178. The Balaban J connectivity index is 2.26. The normalized spacial score (nSPS) is 20.4. The maximum Gasteiger partial charge on any atom is 0.163 e. The highest BCUT2D eigenvalue weighted by atomic mass is 16.6. The number of rotatable bonds is 3. The molecule has 2 rings (SSSR count). The Kier molecular flexibility index (Phi) is 2.37. The standard InChI is InChI=1S/C11H13BO2/c1-14-10(13)11(6-7-11)8-2-4-9(12)5-3-8/h2-5,10,13H,6-7H2,1H3. The van der Waals surface area contributed by atoms with E-state index >= 15 is 0 Å². The summed E-state index contributed by atoms with van der Waals surface area (Å²) in [5, 5.41) is 9.72. The number of hydrogen-bond donors (Lipinski definition) is 1. The number of aliphatic hydroxyl groups is 1. The summed E-state index contributed by atoms with van der Waals surface area (Å²) in [6.07, 6.45) is 1.25. The predicted molar refractivity (Wildman–Crippen MR) is 55.8 cm³/mol. The topological polar surface area (TPSA) is 29.5 Å². The Labute approximate surface area is 85.3 Å². The van der Waals surface area contributed by atoms with E-state index in [2.05, 4.69) is 0 Å². The van der Waals surface area contributed by atoms with Crippen molar-refractivity contribution in [1.29, 1.82) is 0 Å². The highest BCUT2D eigenvalue weighted by Gasteiger charge is 2.50. The second-order valence-electron chi connectivity index (χ2n) is 3.87. The zero-order valence-corrected chi connectivity index (χ0v) is 8.23. The Hall–Kier alpha value is -0.795. The molecule has 72 valence electrons. The summed E-state index contributed by atoms with van der Waals surface area (Å²) in [5.74, 6) is 0. The van der Waals surface area contributed by atoms with Crippen molar-refractivity contribution >= 4 is 13.3 Å². The van der Waals surface area contributed by atoms with E-state index in [0.29, 0.717) is 0 Å². The van der Waals surface area contributed by atoms with Crippen molar-refractivity contribution in [1.82, 2.24) is 0 Å². The maximum absolute atomic E-state index is 9.72. The van der Waals surface area contributed by atoms with Crippen LogP contribution in [0.2, 0.25) is 0 Å². The van der Waals surface area contributed by atoms with Gasteiger partial charge >= 0.3 is 0 Å². The molecule has 1 aromatic carbocycles. The summed E-state index contributed by atoms with van der Waals surface area (Å²) in [6.45, 7) is 0. The fourth-order valence-corrected chi connectivity index (χ4v) is 1.85. The van der Waals surface area contributed by atoms with Crippen molar-refractivity contribution in [3.63, 3.8) is 0 Å². The van der Waals surface area contributed by atoms with Gasteiger partial charge in [-0.2, -0.15) is 0 Å². The lowest BCUT2D eigenvalue weighted by atomic mass is 9.89. The molecular formula is C11H13BO2. The summed E-state index contributed by atoms with van der Waals surface area (Å²) in [7, 11) is 7.14. The van der Waals surface area contributed by atoms with Gasteiger partial charge in [0.2, 0.25) is 0 Å². The Bertz CT molecular complexity index is 317. The van der Waals surface area contributed by atoms with Crippen LogP contribution in [0.3, 0.4) is 0 Å². The van der Waals surface area contributed by atoms with E-state index in [1.54, 1.807) is 0 Å². The quantitative estimate of drug-likeness (QED) is 0.552. The third-order valence-electron chi connectivity index (χ3n) is 2.97. The summed E-state index contributed by atoms with van der Waals surface area (Å²) >= 11 is 0. The van der Waals surface area contributed by atoms with Crippen LogP contribution in [0.1, 0.15) is 18.4 Å². The highest BCUT2D eigenvalue weighted by molar-refractivity contribution is 6.32. The lowest BCUT2D eigenvalue weighted by molar-refractivity contribution is -0.0997. The van der Waals surface area contributed by atoms with Gasteiger partial charge in [0.25, 0.3) is 0 Å². The average Bonchev–Trinajstić information content (AvgIpc) is 2.99. The van der Waals surface area contributed by atoms with Crippen LogP contribution in [-0.4, -0.2) is 26.4 Å². The lowest BCUT2D eigenvalue weighted by Gasteiger charge is -2.21. The molecule has 0 heterocycles. The van der Waals surface area contributed by atoms with E-state index in [1.807, 2.05) is 24.3 Å². The summed E-state index contributed by atoms with van der Waals surface area (Å²) in [6, 6.07) is 7.64. The van der Waals surface area contributed by atoms with Gasteiger partial charge in [-0.1, -0.05) is 29.7 Å². The molecule has 3 heteroatoms. The Morgan fingerprint density at radius 1 is 1.36 bits per heavy atom. The molecule has 1 atom stereocenters. The molecule has 1 aliphatic rings. The molecule has 14 heavy (non-hydrogen) atoms. The molecule has 1 saturated carbocycles. The second-order valence-corrected chi connectivity index (χ2v) is 3.87. The van der Waals surface area contributed by atoms with E-state index in [1.165, 1.54) is 7.11 Å². The van der Waals surface area contributed by atoms with Gasteiger partial charge in [-0.05, 0) is 18.4 Å². The molecule has 1 N–H and O–H groups in total. The second kappa shape index (κ2) is 3.41.